The molecule has 0 radical (unpaired) electrons. The molecule has 0 bridgehead atoms. The minimum Gasteiger partial charge on any atom is -0.383 e. The summed E-state index contributed by atoms with van der Waals surface area (Å²) in [5.74, 6) is -0.354. The lowest BCUT2D eigenvalue weighted by atomic mass is 10.1. The van der Waals surface area contributed by atoms with Crippen LogP contribution in [0.5, 0.6) is 0 Å². The number of hydrogen-bond acceptors (Lipinski definition) is 7. The van der Waals surface area contributed by atoms with Crippen molar-refractivity contribution < 1.29 is 4.79 Å². The Morgan fingerprint density at radius 3 is 2.46 bits per heavy atom. The predicted octanol–water partition coefficient (Wildman–Crippen LogP) is 1.67. The van der Waals surface area contributed by atoms with Crippen molar-refractivity contribution in [2.24, 2.45) is 0 Å². The van der Waals surface area contributed by atoms with Crippen molar-refractivity contribution in [3.63, 3.8) is 0 Å². The Labute approximate surface area is 200 Å². The number of carbonyl (C=O) groups excluding carboxylic acids is 1. The molecule has 0 saturated heterocycles. The molecule has 0 saturated carbocycles. The molecule has 0 aliphatic heterocycles. The minimum atomic E-state index is -0.696. The van der Waals surface area contributed by atoms with E-state index >= 15 is 0 Å². The first-order valence-corrected chi connectivity index (χ1v) is 11.3. The van der Waals surface area contributed by atoms with Gasteiger partial charge in [-0.2, -0.15) is 0 Å². The van der Waals surface area contributed by atoms with Crippen molar-refractivity contribution >= 4 is 17.4 Å². The monoisotopic (exact) mass is 474 g/mol. The number of aromatic nitrogens is 6. The highest BCUT2D eigenvalue weighted by atomic mass is 16.2. The number of benzene rings is 2. The summed E-state index contributed by atoms with van der Waals surface area (Å²) in [7, 11) is 0. The third-order valence-electron chi connectivity index (χ3n) is 5.61. The molecule has 180 valence electrons. The summed E-state index contributed by atoms with van der Waals surface area (Å²) in [4.78, 5) is 42.5. The molecule has 2 aromatic heterocycles. The van der Waals surface area contributed by atoms with Crippen LogP contribution in [0.25, 0.3) is 5.69 Å². The highest BCUT2D eigenvalue weighted by Crippen LogP contribution is 2.21. The molecule has 0 unspecified atom stereocenters. The number of hydrogen-bond donors (Lipinski definition) is 2. The first kappa shape index (κ1) is 23.6. The summed E-state index contributed by atoms with van der Waals surface area (Å²) in [5.41, 5.74) is 7.30. The number of aromatic amines is 1. The van der Waals surface area contributed by atoms with Crippen LogP contribution in [0.15, 0.2) is 70.5 Å². The van der Waals surface area contributed by atoms with Crippen LogP contribution in [-0.2, 0) is 24.3 Å². The lowest BCUT2D eigenvalue weighted by Gasteiger charge is -2.25. The van der Waals surface area contributed by atoms with Crippen molar-refractivity contribution in [2.45, 2.75) is 39.3 Å². The number of unbranched alkanes of at least 4 members (excludes halogenated alkanes) is 1. The molecule has 4 aromatic rings. The number of nitrogens with zero attached hydrogens (tertiary/aromatic N) is 6. The Morgan fingerprint density at radius 1 is 1.06 bits per heavy atom. The van der Waals surface area contributed by atoms with Crippen molar-refractivity contribution in [3.05, 3.63) is 92.9 Å². The summed E-state index contributed by atoms with van der Waals surface area (Å²) in [6.45, 7) is 2.46. The van der Waals surface area contributed by atoms with Gasteiger partial charge in [-0.3, -0.25) is 24.0 Å². The number of rotatable bonds is 9. The average molecular weight is 475 g/mol. The SMILES string of the molecule is CCCCn1c(N)c(N(Cc2ccccc2)C(=O)Cc2ccc(-n3cnnn3)cc2)c(=O)[nH]c1=O. The van der Waals surface area contributed by atoms with E-state index in [2.05, 4.69) is 20.5 Å². The molecular formula is C24H26N8O3. The van der Waals surface area contributed by atoms with Gasteiger partial charge in [-0.05, 0) is 40.1 Å². The zero-order valence-electron chi connectivity index (χ0n) is 19.3. The van der Waals surface area contributed by atoms with E-state index in [0.29, 0.717) is 13.0 Å². The van der Waals surface area contributed by atoms with Crippen LogP contribution in [0.3, 0.4) is 0 Å². The van der Waals surface area contributed by atoms with Crippen molar-refractivity contribution in [1.82, 2.24) is 29.8 Å². The van der Waals surface area contributed by atoms with E-state index in [0.717, 1.165) is 23.2 Å². The third kappa shape index (κ3) is 5.35. The standard InChI is InChI=1S/C24H26N8O3/c1-2-3-13-30-22(25)21(23(34)27-24(30)35)31(15-18-7-5-4-6-8-18)20(33)14-17-9-11-19(12-10-17)32-16-26-28-29-32/h4-12,16H,2-3,13-15,25H2,1H3,(H,27,34,35). The van der Waals surface area contributed by atoms with Crippen LogP contribution in [0, 0.1) is 0 Å². The Balaban J connectivity index is 1.69. The van der Waals surface area contributed by atoms with Gasteiger partial charge in [0, 0.05) is 6.54 Å². The minimum absolute atomic E-state index is 0.0227. The Hall–Kier alpha value is -4.54. The van der Waals surface area contributed by atoms with Gasteiger partial charge >= 0.3 is 5.69 Å². The molecular weight excluding hydrogens is 448 g/mol. The van der Waals surface area contributed by atoms with E-state index in [9.17, 15) is 14.4 Å². The summed E-state index contributed by atoms with van der Waals surface area (Å²) >= 11 is 0. The number of anilines is 2. The predicted molar refractivity (Wildman–Crippen MR) is 131 cm³/mol. The summed E-state index contributed by atoms with van der Waals surface area (Å²) in [5, 5.41) is 11.1. The molecule has 0 atom stereocenters. The molecule has 0 spiro atoms. The molecule has 0 aliphatic carbocycles. The van der Waals surface area contributed by atoms with Crippen LogP contribution < -0.4 is 21.9 Å². The van der Waals surface area contributed by atoms with Crippen molar-refractivity contribution in [2.75, 3.05) is 10.6 Å². The Bertz CT molecular complexity index is 1390. The molecule has 4 rings (SSSR count). The van der Waals surface area contributed by atoms with E-state index < -0.39 is 11.2 Å². The van der Waals surface area contributed by atoms with Crippen LogP contribution in [0.4, 0.5) is 11.5 Å². The molecule has 2 heterocycles. The highest BCUT2D eigenvalue weighted by Gasteiger charge is 2.24. The van der Waals surface area contributed by atoms with Gasteiger partial charge in [-0.25, -0.2) is 9.48 Å². The summed E-state index contributed by atoms with van der Waals surface area (Å²) in [6, 6.07) is 16.5. The van der Waals surface area contributed by atoms with Crippen molar-refractivity contribution in [3.8, 4) is 5.69 Å². The molecule has 11 heteroatoms. The van der Waals surface area contributed by atoms with E-state index in [1.807, 2.05) is 37.3 Å². The second-order valence-electron chi connectivity index (χ2n) is 8.06. The molecule has 0 aliphatic rings. The normalized spacial score (nSPS) is 10.9. The number of carbonyl (C=O) groups is 1. The zero-order valence-corrected chi connectivity index (χ0v) is 19.3. The van der Waals surface area contributed by atoms with Crippen molar-refractivity contribution in [1.29, 1.82) is 0 Å². The lowest BCUT2D eigenvalue weighted by Crippen LogP contribution is -2.41. The molecule has 1 amide bonds. The van der Waals surface area contributed by atoms with Gasteiger partial charge in [0.2, 0.25) is 5.91 Å². The molecule has 0 fully saturated rings. The van der Waals surface area contributed by atoms with Crippen LogP contribution >= 0.6 is 0 Å². The van der Waals surface area contributed by atoms with Gasteiger partial charge in [0.1, 0.15) is 12.1 Å². The quantitative estimate of drug-likeness (QED) is 0.375. The largest absolute Gasteiger partial charge is 0.383 e. The number of nitrogens with one attached hydrogen (secondary N) is 1. The third-order valence-corrected chi connectivity index (χ3v) is 5.61. The number of H-pyrrole nitrogens is 1. The summed E-state index contributed by atoms with van der Waals surface area (Å²) < 4.78 is 2.82. The van der Waals surface area contributed by atoms with Gasteiger partial charge in [0.05, 0.1) is 18.7 Å². The maximum Gasteiger partial charge on any atom is 0.330 e. The van der Waals surface area contributed by atoms with E-state index in [4.69, 9.17) is 5.73 Å². The zero-order chi connectivity index (χ0) is 24.8. The van der Waals surface area contributed by atoms with Gasteiger partial charge < -0.3 is 5.73 Å². The topological polar surface area (TPSA) is 145 Å². The van der Waals surface area contributed by atoms with E-state index in [1.54, 1.807) is 24.3 Å². The first-order chi connectivity index (χ1) is 17.0. The second-order valence-corrected chi connectivity index (χ2v) is 8.06. The number of nitrogen functional groups attached to an aromatic ring is 1. The molecule has 2 aromatic carbocycles. The fourth-order valence-electron chi connectivity index (χ4n) is 3.75. The highest BCUT2D eigenvalue weighted by molar-refractivity contribution is 5.96. The number of amides is 1. The maximum atomic E-state index is 13.5. The first-order valence-electron chi connectivity index (χ1n) is 11.3. The van der Waals surface area contributed by atoms with E-state index in [-0.39, 0.29) is 30.4 Å². The number of nitrogens with two attached hydrogens (primary N) is 1. The fourth-order valence-corrected chi connectivity index (χ4v) is 3.75. The maximum absolute atomic E-state index is 13.5. The molecule has 11 nitrogen and oxygen atoms in total. The van der Waals surface area contributed by atoms with Gasteiger partial charge in [-0.1, -0.05) is 55.8 Å². The average Bonchev–Trinajstić information content (AvgIpc) is 3.39. The van der Waals surface area contributed by atoms with Gasteiger partial charge in [0.15, 0.2) is 5.69 Å². The van der Waals surface area contributed by atoms with Crippen LogP contribution in [-0.4, -0.2) is 35.7 Å². The van der Waals surface area contributed by atoms with Gasteiger partial charge in [-0.15, -0.1) is 5.10 Å². The Morgan fingerprint density at radius 2 is 1.80 bits per heavy atom. The lowest BCUT2D eigenvalue weighted by molar-refractivity contribution is -0.118. The number of tetrazole rings is 1. The Kier molecular flexibility index (Phi) is 7.15. The molecule has 35 heavy (non-hydrogen) atoms. The van der Waals surface area contributed by atoms with E-state index in [1.165, 1.54) is 20.5 Å². The second kappa shape index (κ2) is 10.6. The molecule has 3 N–H and O–H groups in total. The van der Waals surface area contributed by atoms with Crippen LogP contribution in [0.2, 0.25) is 0 Å². The smallest absolute Gasteiger partial charge is 0.330 e. The van der Waals surface area contributed by atoms with Crippen LogP contribution in [0.1, 0.15) is 30.9 Å². The fraction of sp³-hybridized carbons (Fsp3) is 0.250. The summed E-state index contributed by atoms with van der Waals surface area (Å²) in [6.07, 6.45) is 3.05. The van der Waals surface area contributed by atoms with Gasteiger partial charge in [0.25, 0.3) is 5.56 Å².